The minimum absolute atomic E-state index is 0.121. The molecule has 1 heterocycles. The van der Waals surface area contributed by atoms with E-state index in [1.54, 1.807) is 12.1 Å². The summed E-state index contributed by atoms with van der Waals surface area (Å²) in [5, 5.41) is 3.01. The van der Waals surface area contributed by atoms with Gasteiger partial charge in [-0.3, -0.25) is 4.79 Å². The summed E-state index contributed by atoms with van der Waals surface area (Å²) >= 11 is 0. The summed E-state index contributed by atoms with van der Waals surface area (Å²) in [4.78, 5) is 12.4. The van der Waals surface area contributed by atoms with Gasteiger partial charge in [0.05, 0.1) is 12.6 Å². The zero-order valence-corrected chi connectivity index (χ0v) is 14.6. The SMILES string of the molecule is CCCOc1ccc(C(=O)N[C@@H](C)c2ccc3c(c2)OCCO3)cc1. The Balaban J connectivity index is 1.64. The normalized spacial score (nSPS) is 13.8. The second-order valence-electron chi connectivity index (χ2n) is 5.97. The minimum Gasteiger partial charge on any atom is -0.494 e. The molecule has 0 fully saturated rings. The Hall–Kier alpha value is -2.69. The number of hydrogen-bond donors (Lipinski definition) is 1. The van der Waals surface area contributed by atoms with Crippen molar-refractivity contribution in [1.29, 1.82) is 0 Å². The monoisotopic (exact) mass is 341 g/mol. The fourth-order valence-corrected chi connectivity index (χ4v) is 2.62. The molecule has 0 bridgehead atoms. The first kappa shape index (κ1) is 17.1. The predicted octanol–water partition coefficient (Wildman–Crippen LogP) is 3.74. The van der Waals surface area contributed by atoms with Gasteiger partial charge in [0.15, 0.2) is 11.5 Å². The summed E-state index contributed by atoms with van der Waals surface area (Å²) in [5.74, 6) is 2.13. The first-order chi connectivity index (χ1) is 12.2. The number of carbonyl (C=O) groups excluding carboxylic acids is 1. The van der Waals surface area contributed by atoms with Crippen molar-refractivity contribution in [3.63, 3.8) is 0 Å². The molecule has 1 N–H and O–H groups in total. The maximum atomic E-state index is 12.4. The van der Waals surface area contributed by atoms with Crippen molar-refractivity contribution < 1.29 is 19.0 Å². The van der Waals surface area contributed by atoms with Gasteiger partial charge in [-0.25, -0.2) is 0 Å². The lowest BCUT2D eigenvalue weighted by Gasteiger charge is -2.21. The summed E-state index contributed by atoms with van der Waals surface area (Å²) in [5.41, 5.74) is 1.58. The van der Waals surface area contributed by atoms with Gasteiger partial charge in [0.1, 0.15) is 19.0 Å². The molecule has 0 saturated heterocycles. The summed E-state index contributed by atoms with van der Waals surface area (Å²) < 4.78 is 16.7. The van der Waals surface area contributed by atoms with Crippen LogP contribution in [0.1, 0.15) is 42.2 Å². The Morgan fingerprint density at radius 2 is 1.84 bits per heavy atom. The van der Waals surface area contributed by atoms with Gasteiger partial charge in [-0.05, 0) is 55.3 Å². The molecule has 5 heteroatoms. The zero-order chi connectivity index (χ0) is 17.6. The predicted molar refractivity (Wildman–Crippen MR) is 95.5 cm³/mol. The molecule has 1 aliphatic rings. The van der Waals surface area contributed by atoms with Crippen molar-refractivity contribution in [3.05, 3.63) is 53.6 Å². The second kappa shape index (κ2) is 7.92. The van der Waals surface area contributed by atoms with Gasteiger partial charge < -0.3 is 19.5 Å². The number of benzene rings is 2. The zero-order valence-electron chi connectivity index (χ0n) is 14.6. The van der Waals surface area contributed by atoms with Crippen molar-refractivity contribution in [1.82, 2.24) is 5.32 Å². The molecule has 25 heavy (non-hydrogen) atoms. The van der Waals surface area contributed by atoms with Crippen LogP contribution in [0.25, 0.3) is 0 Å². The average molecular weight is 341 g/mol. The molecule has 0 radical (unpaired) electrons. The Bertz CT molecular complexity index is 727. The van der Waals surface area contributed by atoms with E-state index in [-0.39, 0.29) is 11.9 Å². The van der Waals surface area contributed by atoms with Crippen molar-refractivity contribution in [2.45, 2.75) is 26.3 Å². The standard InChI is InChI=1S/C20H23NO4/c1-3-10-23-17-7-4-15(5-8-17)20(22)21-14(2)16-6-9-18-19(13-16)25-12-11-24-18/h4-9,13-14H,3,10-12H2,1-2H3,(H,21,22)/t14-/m0/s1. The van der Waals surface area contributed by atoms with Gasteiger partial charge in [-0.2, -0.15) is 0 Å². The third-order valence-electron chi connectivity index (χ3n) is 4.00. The van der Waals surface area contributed by atoms with Gasteiger partial charge in [-0.15, -0.1) is 0 Å². The summed E-state index contributed by atoms with van der Waals surface area (Å²) in [6.07, 6.45) is 0.954. The van der Waals surface area contributed by atoms with Gasteiger partial charge in [0.25, 0.3) is 5.91 Å². The van der Waals surface area contributed by atoms with E-state index >= 15 is 0 Å². The van der Waals surface area contributed by atoms with Crippen molar-refractivity contribution in [3.8, 4) is 17.2 Å². The molecule has 0 spiro atoms. The Morgan fingerprint density at radius 1 is 1.12 bits per heavy atom. The van der Waals surface area contributed by atoms with Crippen LogP contribution in [0.2, 0.25) is 0 Å². The quantitative estimate of drug-likeness (QED) is 0.870. The Morgan fingerprint density at radius 3 is 2.56 bits per heavy atom. The van der Waals surface area contributed by atoms with Gasteiger partial charge in [0.2, 0.25) is 0 Å². The highest BCUT2D eigenvalue weighted by Gasteiger charge is 2.16. The van der Waals surface area contributed by atoms with E-state index in [4.69, 9.17) is 14.2 Å². The van der Waals surface area contributed by atoms with Crippen molar-refractivity contribution in [2.24, 2.45) is 0 Å². The largest absolute Gasteiger partial charge is 0.494 e. The fourth-order valence-electron chi connectivity index (χ4n) is 2.62. The van der Waals surface area contributed by atoms with Crippen LogP contribution in [0.3, 0.4) is 0 Å². The van der Waals surface area contributed by atoms with Crippen LogP contribution in [-0.4, -0.2) is 25.7 Å². The minimum atomic E-state index is -0.139. The number of amides is 1. The third-order valence-corrected chi connectivity index (χ3v) is 4.00. The first-order valence-electron chi connectivity index (χ1n) is 8.60. The first-order valence-corrected chi connectivity index (χ1v) is 8.60. The van der Waals surface area contributed by atoms with E-state index < -0.39 is 0 Å². The molecule has 2 aromatic rings. The molecule has 132 valence electrons. The molecule has 0 aliphatic carbocycles. The highest BCUT2D eigenvalue weighted by Crippen LogP contribution is 2.32. The molecular formula is C20H23NO4. The third kappa shape index (κ3) is 4.24. The van der Waals surface area contributed by atoms with Crippen LogP contribution in [0, 0.1) is 0 Å². The molecule has 2 aromatic carbocycles. The van der Waals surface area contributed by atoms with E-state index in [0.29, 0.717) is 25.4 Å². The van der Waals surface area contributed by atoms with Crippen LogP contribution in [-0.2, 0) is 0 Å². The van der Waals surface area contributed by atoms with Crippen LogP contribution in [0.15, 0.2) is 42.5 Å². The van der Waals surface area contributed by atoms with E-state index in [1.807, 2.05) is 37.3 Å². The highest BCUT2D eigenvalue weighted by atomic mass is 16.6. The van der Waals surface area contributed by atoms with Gasteiger partial charge >= 0.3 is 0 Å². The van der Waals surface area contributed by atoms with E-state index in [2.05, 4.69) is 12.2 Å². The van der Waals surface area contributed by atoms with Gasteiger partial charge in [0, 0.05) is 5.56 Å². The molecule has 0 unspecified atom stereocenters. The summed E-state index contributed by atoms with van der Waals surface area (Å²) in [6.45, 7) is 5.79. The molecule has 0 saturated carbocycles. The van der Waals surface area contributed by atoms with Gasteiger partial charge in [-0.1, -0.05) is 13.0 Å². The molecule has 5 nitrogen and oxygen atoms in total. The second-order valence-corrected chi connectivity index (χ2v) is 5.97. The molecule has 1 amide bonds. The molecule has 0 aromatic heterocycles. The Kier molecular flexibility index (Phi) is 5.43. The number of hydrogen-bond acceptors (Lipinski definition) is 4. The van der Waals surface area contributed by atoms with E-state index in [0.717, 1.165) is 29.2 Å². The summed E-state index contributed by atoms with van der Waals surface area (Å²) in [7, 11) is 0. The van der Waals surface area contributed by atoms with Crippen molar-refractivity contribution >= 4 is 5.91 Å². The van der Waals surface area contributed by atoms with Crippen LogP contribution in [0.4, 0.5) is 0 Å². The van der Waals surface area contributed by atoms with Crippen LogP contribution < -0.4 is 19.5 Å². The number of ether oxygens (including phenoxy) is 3. The molecular weight excluding hydrogens is 318 g/mol. The Labute approximate surface area is 147 Å². The molecule has 1 atom stereocenters. The maximum absolute atomic E-state index is 12.4. The maximum Gasteiger partial charge on any atom is 0.251 e. The number of carbonyl (C=O) groups is 1. The number of nitrogens with one attached hydrogen (secondary N) is 1. The van der Waals surface area contributed by atoms with Crippen LogP contribution >= 0.6 is 0 Å². The number of fused-ring (bicyclic) bond motifs is 1. The molecule has 3 rings (SSSR count). The highest BCUT2D eigenvalue weighted by molar-refractivity contribution is 5.94. The fraction of sp³-hybridized carbons (Fsp3) is 0.350. The lowest BCUT2D eigenvalue weighted by atomic mass is 10.1. The topological polar surface area (TPSA) is 56.8 Å². The summed E-state index contributed by atoms with van der Waals surface area (Å²) in [6, 6.07) is 12.8. The lowest BCUT2D eigenvalue weighted by Crippen LogP contribution is -2.26. The van der Waals surface area contributed by atoms with Crippen molar-refractivity contribution in [2.75, 3.05) is 19.8 Å². The average Bonchev–Trinajstić information content (AvgIpc) is 2.66. The lowest BCUT2D eigenvalue weighted by molar-refractivity contribution is 0.0939. The number of rotatable bonds is 6. The van der Waals surface area contributed by atoms with E-state index in [1.165, 1.54) is 0 Å². The smallest absolute Gasteiger partial charge is 0.251 e. The molecule has 1 aliphatic heterocycles. The van der Waals surface area contributed by atoms with E-state index in [9.17, 15) is 4.79 Å². The van der Waals surface area contributed by atoms with Crippen LogP contribution in [0.5, 0.6) is 17.2 Å².